The minimum Gasteiger partial charge on any atom is -0.444 e. The zero-order chi connectivity index (χ0) is 16.8. The highest BCUT2D eigenvalue weighted by molar-refractivity contribution is 7.90. The summed E-state index contributed by atoms with van der Waals surface area (Å²) in [6.07, 6.45) is 2.19. The summed E-state index contributed by atoms with van der Waals surface area (Å²) in [6, 6.07) is 0. The lowest BCUT2D eigenvalue weighted by Crippen LogP contribution is -2.53. The minimum atomic E-state index is -3.66. The van der Waals surface area contributed by atoms with E-state index in [2.05, 4.69) is 16.6 Å². The predicted molar refractivity (Wildman–Crippen MR) is 80.5 cm³/mol. The van der Waals surface area contributed by atoms with Crippen LogP contribution in [-0.4, -0.2) is 36.8 Å². The van der Waals surface area contributed by atoms with Crippen molar-refractivity contribution in [3.8, 4) is 0 Å². The molecule has 0 radical (unpaired) electrons. The minimum absolute atomic E-state index is 0.307. The molecule has 0 spiro atoms. The number of sulfonamides is 1. The molecule has 2 N–H and O–H groups in total. The number of hydrogen-bond acceptors (Lipinski definition) is 5. The van der Waals surface area contributed by atoms with Gasteiger partial charge in [-0.15, -0.1) is 6.58 Å². The van der Waals surface area contributed by atoms with Crippen LogP contribution in [0.2, 0.25) is 0 Å². The van der Waals surface area contributed by atoms with Crippen molar-refractivity contribution in [3.63, 3.8) is 0 Å². The Morgan fingerprint density at radius 1 is 1.32 bits per heavy atom. The van der Waals surface area contributed by atoms with Crippen LogP contribution in [0.4, 0.5) is 4.79 Å². The molecule has 0 aromatic rings. The molecule has 0 bridgehead atoms. The molecule has 0 aromatic carbocycles. The summed E-state index contributed by atoms with van der Waals surface area (Å²) >= 11 is 0. The Bertz CT molecular complexity index is 603. The Kier molecular flexibility index (Phi) is 4.01. The number of amides is 2. The normalized spacial score (nSPS) is 27.7. The van der Waals surface area contributed by atoms with Gasteiger partial charge in [0.25, 0.3) is 5.91 Å². The first-order chi connectivity index (χ1) is 10.00. The van der Waals surface area contributed by atoms with Gasteiger partial charge in [-0.1, -0.05) is 6.08 Å². The number of alkyl carbamates (subject to hydrolysis) is 1. The fourth-order valence-electron chi connectivity index (χ4n) is 2.20. The van der Waals surface area contributed by atoms with Gasteiger partial charge in [-0.3, -0.25) is 9.52 Å². The molecular formula is C14H22N2O5S. The molecule has 0 saturated heterocycles. The van der Waals surface area contributed by atoms with Crippen molar-refractivity contribution in [2.24, 2.45) is 5.92 Å². The average Bonchev–Trinajstić information content (AvgIpc) is 3.20. The molecule has 22 heavy (non-hydrogen) atoms. The van der Waals surface area contributed by atoms with E-state index in [1.54, 1.807) is 20.8 Å². The van der Waals surface area contributed by atoms with Crippen LogP contribution in [0.1, 0.15) is 40.0 Å². The zero-order valence-corrected chi connectivity index (χ0v) is 13.8. The van der Waals surface area contributed by atoms with E-state index in [0.29, 0.717) is 19.3 Å². The van der Waals surface area contributed by atoms with Gasteiger partial charge < -0.3 is 10.1 Å². The van der Waals surface area contributed by atoms with Gasteiger partial charge in [0, 0.05) is 5.92 Å². The predicted octanol–water partition coefficient (Wildman–Crippen LogP) is 1.06. The Morgan fingerprint density at radius 2 is 1.91 bits per heavy atom. The molecule has 124 valence electrons. The lowest BCUT2D eigenvalue weighted by Gasteiger charge is -2.23. The van der Waals surface area contributed by atoms with Gasteiger partial charge in [0.1, 0.15) is 11.1 Å². The fraction of sp³-hybridized carbons (Fsp3) is 0.714. The maximum absolute atomic E-state index is 12.3. The summed E-state index contributed by atoms with van der Waals surface area (Å²) in [5, 5.41) is 1.99. The Morgan fingerprint density at radius 3 is 2.32 bits per heavy atom. The molecule has 2 aliphatic rings. The molecule has 0 unspecified atom stereocenters. The third kappa shape index (κ3) is 3.60. The lowest BCUT2D eigenvalue weighted by molar-refractivity contribution is -0.122. The second kappa shape index (κ2) is 5.26. The zero-order valence-electron chi connectivity index (χ0n) is 13.0. The number of carbonyl (C=O) groups excluding carboxylic acids is 2. The standard InChI is InChI=1S/C14H22N2O5S/c1-5-9-8-14(9,15-12(18)21-13(2,3)4)11(17)16-22(19,20)10-6-7-10/h5,9-10H,1,6-8H2,2-4H3,(H,15,18)(H,16,17)/t9-,14-/m0/s1. The molecule has 2 saturated carbocycles. The summed E-state index contributed by atoms with van der Waals surface area (Å²) in [6.45, 7) is 8.71. The lowest BCUT2D eigenvalue weighted by atomic mass is 10.2. The van der Waals surface area contributed by atoms with Crippen molar-refractivity contribution in [2.45, 2.75) is 56.4 Å². The van der Waals surface area contributed by atoms with Gasteiger partial charge in [0.15, 0.2) is 0 Å². The number of carbonyl (C=O) groups is 2. The van der Waals surface area contributed by atoms with Crippen molar-refractivity contribution < 1.29 is 22.7 Å². The van der Waals surface area contributed by atoms with Crippen LogP contribution in [0.25, 0.3) is 0 Å². The monoisotopic (exact) mass is 330 g/mol. The van der Waals surface area contributed by atoms with Crippen LogP contribution < -0.4 is 10.0 Å². The first kappa shape index (κ1) is 16.8. The van der Waals surface area contributed by atoms with Gasteiger partial charge in [0.05, 0.1) is 5.25 Å². The molecule has 2 amide bonds. The second-order valence-electron chi connectivity index (χ2n) is 6.82. The van der Waals surface area contributed by atoms with E-state index >= 15 is 0 Å². The molecule has 2 rings (SSSR count). The van der Waals surface area contributed by atoms with E-state index in [1.165, 1.54) is 6.08 Å². The second-order valence-corrected chi connectivity index (χ2v) is 8.78. The molecule has 0 heterocycles. The summed E-state index contributed by atoms with van der Waals surface area (Å²) in [7, 11) is -3.66. The molecular weight excluding hydrogens is 308 g/mol. The quantitative estimate of drug-likeness (QED) is 0.734. The summed E-state index contributed by atoms with van der Waals surface area (Å²) in [5.74, 6) is -1.04. The van der Waals surface area contributed by atoms with E-state index < -0.39 is 38.4 Å². The van der Waals surface area contributed by atoms with Crippen LogP contribution in [0.15, 0.2) is 12.7 Å². The van der Waals surface area contributed by atoms with Crippen molar-refractivity contribution >= 4 is 22.0 Å². The molecule has 7 nitrogen and oxygen atoms in total. The Labute approximate surface area is 130 Å². The van der Waals surface area contributed by atoms with Crippen LogP contribution in [-0.2, 0) is 19.6 Å². The fourth-order valence-corrected chi connectivity index (χ4v) is 3.57. The van der Waals surface area contributed by atoms with E-state index in [-0.39, 0.29) is 5.92 Å². The average molecular weight is 330 g/mol. The maximum atomic E-state index is 12.3. The topological polar surface area (TPSA) is 102 Å². The molecule has 0 aromatic heterocycles. The van der Waals surface area contributed by atoms with Gasteiger partial charge in [-0.2, -0.15) is 0 Å². The highest BCUT2D eigenvalue weighted by Gasteiger charge is 2.61. The Hall–Kier alpha value is -1.57. The molecule has 0 aliphatic heterocycles. The van der Waals surface area contributed by atoms with Crippen molar-refractivity contribution in [1.82, 2.24) is 10.0 Å². The van der Waals surface area contributed by atoms with Gasteiger partial charge in [-0.25, -0.2) is 13.2 Å². The van der Waals surface area contributed by atoms with E-state index in [1.807, 2.05) is 0 Å². The van der Waals surface area contributed by atoms with Crippen molar-refractivity contribution in [2.75, 3.05) is 0 Å². The molecule has 2 fully saturated rings. The largest absolute Gasteiger partial charge is 0.444 e. The molecule has 2 aliphatic carbocycles. The molecule has 8 heteroatoms. The number of nitrogens with one attached hydrogen (secondary N) is 2. The number of rotatable bonds is 5. The first-order valence-electron chi connectivity index (χ1n) is 7.20. The van der Waals surface area contributed by atoms with Gasteiger partial charge in [0.2, 0.25) is 10.0 Å². The van der Waals surface area contributed by atoms with Crippen LogP contribution in [0.3, 0.4) is 0 Å². The van der Waals surface area contributed by atoms with Crippen LogP contribution >= 0.6 is 0 Å². The highest BCUT2D eigenvalue weighted by atomic mass is 32.2. The summed E-state index contributed by atoms with van der Waals surface area (Å²) < 4.78 is 31.0. The van der Waals surface area contributed by atoms with Gasteiger partial charge in [-0.05, 0) is 40.0 Å². The van der Waals surface area contributed by atoms with E-state index in [9.17, 15) is 18.0 Å². The van der Waals surface area contributed by atoms with Crippen LogP contribution in [0, 0.1) is 5.92 Å². The van der Waals surface area contributed by atoms with Gasteiger partial charge >= 0.3 is 6.09 Å². The third-order valence-electron chi connectivity index (χ3n) is 3.63. The van der Waals surface area contributed by atoms with Crippen molar-refractivity contribution in [1.29, 1.82) is 0 Å². The maximum Gasteiger partial charge on any atom is 0.408 e. The highest BCUT2D eigenvalue weighted by Crippen LogP contribution is 2.45. The SMILES string of the molecule is C=C[C@H]1C[C@@]1(NC(=O)OC(C)(C)C)C(=O)NS(=O)(=O)C1CC1. The van der Waals surface area contributed by atoms with Crippen LogP contribution in [0.5, 0.6) is 0 Å². The summed E-state index contributed by atoms with van der Waals surface area (Å²) in [5.41, 5.74) is -1.99. The first-order valence-corrected chi connectivity index (χ1v) is 8.74. The third-order valence-corrected chi connectivity index (χ3v) is 5.45. The van der Waals surface area contributed by atoms with Crippen molar-refractivity contribution in [3.05, 3.63) is 12.7 Å². The number of hydrogen-bond donors (Lipinski definition) is 2. The summed E-state index contributed by atoms with van der Waals surface area (Å²) in [4.78, 5) is 24.2. The Balaban J connectivity index is 2.07. The smallest absolute Gasteiger partial charge is 0.408 e. The van der Waals surface area contributed by atoms with E-state index in [0.717, 1.165) is 0 Å². The van der Waals surface area contributed by atoms with E-state index in [4.69, 9.17) is 4.74 Å². The number of ether oxygens (including phenoxy) is 1. The molecule has 2 atom stereocenters.